The van der Waals surface area contributed by atoms with E-state index in [0.29, 0.717) is 13.0 Å². The Kier molecular flexibility index (Phi) is 45.0. The van der Waals surface area contributed by atoms with Crippen LogP contribution in [0, 0.1) is 0 Å². The maximum atomic E-state index is 12.7. The molecule has 0 fully saturated rings. The number of phosphoric acid groups is 1. The van der Waals surface area contributed by atoms with Gasteiger partial charge in [0.25, 0.3) is 0 Å². The third-order valence-corrected chi connectivity index (χ3v) is 11.1. The number of aliphatic carboxylic acids is 1. The summed E-state index contributed by atoms with van der Waals surface area (Å²) in [6, 6.07) is -1.49. The second-order valence-electron chi connectivity index (χ2n) is 16.2. The molecule has 0 amide bonds. The molecule has 4 N–H and O–H groups in total. The number of esters is 1. The maximum absolute atomic E-state index is 12.7. The van der Waals surface area contributed by atoms with Gasteiger partial charge in [-0.3, -0.25) is 18.6 Å². The summed E-state index contributed by atoms with van der Waals surface area (Å²) in [5, 5.41) is 8.92. The number of allylic oxidation sites excluding steroid dienone is 14. The smallest absolute Gasteiger partial charge is 0.472 e. The quantitative estimate of drug-likeness (QED) is 0.0233. The van der Waals surface area contributed by atoms with Crippen molar-refractivity contribution in [3.8, 4) is 0 Å². The standard InChI is InChI=1S/C52H90NO9P/c1-3-5-7-9-11-13-15-17-19-21-23-25-26-28-30-32-34-36-38-40-42-44-51(54)62-49(47-60-63(57,58)61-48-50(53)52(55)56)46-59-45-43-41-39-37-35-33-31-29-27-24-22-20-18-16-14-12-10-8-6-4-2/h5,7,11,13,17-20,23,25,28,30,34,36,49-50H,3-4,6,8-10,12,14-16,21-22,24,26-27,29,31-33,35,37-48,53H2,1-2H3,(H,55,56)(H,57,58)/b7-5-,13-11-,19-17-,20-18-,25-23-,30-28-,36-34-. The molecule has 10 nitrogen and oxygen atoms in total. The zero-order chi connectivity index (χ0) is 46.2. The Morgan fingerprint density at radius 3 is 1.40 bits per heavy atom. The predicted octanol–water partition coefficient (Wildman–Crippen LogP) is 14.3. The van der Waals surface area contributed by atoms with Crippen molar-refractivity contribution in [3.63, 3.8) is 0 Å². The zero-order valence-electron chi connectivity index (χ0n) is 39.6. The van der Waals surface area contributed by atoms with Crippen LogP contribution >= 0.6 is 7.82 Å². The van der Waals surface area contributed by atoms with Crippen LogP contribution in [0.15, 0.2) is 85.1 Å². The number of carboxylic acids is 1. The van der Waals surface area contributed by atoms with Gasteiger partial charge in [0.05, 0.1) is 19.8 Å². The van der Waals surface area contributed by atoms with Crippen LogP contribution in [-0.2, 0) is 32.7 Å². The average molecular weight is 904 g/mol. The first kappa shape index (κ1) is 60.2. The number of hydrogen-bond acceptors (Lipinski definition) is 8. The minimum atomic E-state index is -4.64. The summed E-state index contributed by atoms with van der Waals surface area (Å²) in [7, 11) is -4.64. The molecule has 3 unspecified atom stereocenters. The third-order valence-electron chi connectivity index (χ3n) is 10.2. The fourth-order valence-electron chi connectivity index (χ4n) is 6.37. The van der Waals surface area contributed by atoms with Gasteiger partial charge in [-0.2, -0.15) is 0 Å². The van der Waals surface area contributed by atoms with Crippen LogP contribution in [0.1, 0.15) is 194 Å². The highest BCUT2D eigenvalue weighted by molar-refractivity contribution is 7.47. The molecule has 11 heteroatoms. The largest absolute Gasteiger partial charge is 0.480 e. The summed E-state index contributed by atoms with van der Waals surface area (Å²) >= 11 is 0. The predicted molar refractivity (Wildman–Crippen MR) is 263 cm³/mol. The minimum Gasteiger partial charge on any atom is -0.480 e. The van der Waals surface area contributed by atoms with Crippen molar-refractivity contribution in [1.29, 1.82) is 0 Å². The molecule has 0 rings (SSSR count). The summed E-state index contributed by atoms with van der Waals surface area (Å²) in [6.07, 6.45) is 60.7. The van der Waals surface area contributed by atoms with E-state index in [1.807, 2.05) is 0 Å². The lowest BCUT2D eigenvalue weighted by molar-refractivity contribution is -0.154. The Bertz CT molecular complexity index is 1320. The van der Waals surface area contributed by atoms with Crippen LogP contribution < -0.4 is 5.73 Å². The molecule has 0 heterocycles. The van der Waals surface area contributed by atoms with E-state index in [1.165, 1.54) is 96.3 Å². The SMILES string of the molecule is CC/C=C\C/C=C\C/C=C\C/C=C\C/C=C\C/C=C\CCCCC(=O)OC(COCCCCCCCCCCCC/C=C\CCCCCCCC)COP(=O)(O)OCC(N)C(=O)O. The number of nitrogens with two attached hydrogens (primary N) is 1. The first-order valence-electron chi connectivity index (χ1n) is 24.6. The molecule has 0 bridgehead atoms. The Morgan fingerprint density at radius 1 is 0.524 bits per heavy atom. The average Bonchev–Trinajstić information content (AvgIpc) is 3.26. The van der Waals surface area contributed by atoms with Gasteiger partial charge < -0.3 is 25.2 Å². The lowest BCUT2D eigenvalue weighted by Crippen LogP contribution is -2.34. The molecule has 63 heavy (non-hydrogen) atoms. The fraction of sp³-hybridized carbons (Fsp3) is 0.692. The van der Waals surface area contributed by atoms with Gasteiger partial charge in [0.15, 0.2) is 0 Å². The molecule has 0 aliphatic heterocycles. The van der Waals surface area contributed by atoms with Gasteiger partial charge in [-0.1, -0.05) is 182 Å². The van der Waals surface area contributed by atoms with E-state index in [-0.39, 0.29) is 13.0 Å². The van der Waals surface area contributed by atoms with Gasteiger partial charge in [-0.15, -0.1) is 0 Å². The molecule has 0 aromatic carbocycles. The topological polar surface area (TPSA) is 155 Å². The molecule has 0 aliphatic rings. The molecular weight excluding hydrogens is 814 g/mol. The number of carbonyl (C=O) groups is 2. The monoisotopic (exact) mass is 904 g/mol. The molecule has 0 spiro atoms. The fourth-order valence-corrected chi connectivity index (χ4v) is 7.14. The van der Waals surface area contributed by atoms with E-state index in [4.69, 9.17) is 29.4 Å². The van der Waals surface area contributed by atoms with E-state index in [9.17, 15) is 19.0 Å². The Hall–Kier alpha value is -2.85. The summed E-state index contributed by atoms with van der Waals surface area (Å²) < 4.78 is 33.4. The molecule has 0 aromatic heterocycles. The van der Waals surface area contributed by atoms with E-state index in [2.05, 4.69) is 98.9 Å². The van der Waals surface area contributed by atoms with Crippen LogP contribution in [0.4, 0.5) is 0 Å². The first-order valence-corrected chi connectivity index (χ1v) is 26.1. The van der Waals surface area contributed by atoms with E-state index < -0.39 is 45.1 Å². The normalized spacial score (nSPS) is 14.5. The number of carboxylic acid groups (broad SMARTS) is 1. The third kappa shape index (κ3) is 46.9. The lowest BCUT2D eigenvalue weighted by Gasteiger charge is -2.20. The van der Waals surface area contributed by atoms with Gasteiger partial charge >= 0.3 is 19.8 Å². The van der Waals surface area contributed by atoms with Crippen molar-refractivity contribution < 1.29 is 42.7 Å². The number of phosphoric ester groups is 1. The molecular formula is C52H90NO9P. The first-order chi connectivity index (χ1) is 30.7. The highest BCUT2D eigenvalue weighted by Crippen LogP contribution is 2.43. The van der Waals surface area contributed by atoms with Gasteiger partial charge in [-0.25, -0.2) is 4.57 Å². The number of rotatable bonds is 46. The molecule has 3 atom stereocenters. The molecule has 0 aliphatic carbocycles. The van der Waals surface area contributed by atoms with Gasteiger partial charge in [-0.05, 0) is 89.9 Å². The summed E-state index contributed by atoms with van der Waals surface area (Å²) in [6.45, 7) is 3.71. The Labute approximate surface area is 384 Å². The van der Waals surface area contributed by atoms with Crippen LogP contribution in [0.25, 0.3) is 0 Å². The number of ether oxygens (including phenoxy) is 2. The maximum Gasteiger partial charge on any atom is 0.472 e. The zero-order valence-corrected chi connectivity index (χ0v) is 40.5. The van der Waals surface area contributed by atoms with Crippen molar-refractivity contribution in [2.75, 3.05) is 26.4 Å². The highest BCUT2D eigenvalue weighted by atomic mass is 31.2. The number of unbranched alkanes of at least 4 members (excludes halogenated alkanes) is 18. The molecule has 0 saturated carbocycles. The molecule has 0 saturated heterocycles. The summed E-state index contributed by atoms with van der Waals surface area (Å²) in [4.78, 5) is 33.6. The lowest BCUT2D eigenvalue weighted by atomic mass is 10.1. The van der Waals surface area contributed by atoms with Gasteiger partial charge in [0.1, 0.15) is 12.1 Å². The van der Waals surface area contributed by atoms with E-state index in [0.717, 1.165) is 70.6 Å². The van der Waals surface area contributed by atoms with Crippen molar-refractivity contribution in [2.24, 2.45) is 5.73 Å². The van der Waals surface area contributed by atoms with Crippen LogP contribution in [0.3, 0.4) is 0 Å². The highest BCUT2D eigenvalue weighted by Gasteiger charge is 2.27. The number of carbonyl (C=O) groups excluding carboxylic acids is 1. The number of hydrogen-bond donors (Lipinski definition) is 3. The molecule has 0 aromatic rings. The summed E-state index contributed by atoms with van der Waals surface area (Å²) in [5.74, 6) is -1.83. The molecule has 0 radical (unpaired) electrons. The van der Waals surface area contributed by atoms with E-state index in [1.54, 1.807) is 0 Å². The second-order valence-corrected chi connectivity index (χ2v) is 17.7. The van der Waals surface area contributed by atoms with Crippen LogP contribution in [0.5, 0.6) is 0 Å². The van der Waals surface area contributed by atoms with Crippen molar-refractivity contribution >= 4 is 19.8 Å². The van der Waals surface area contributed by atoms with Crippen molar-refractivity contribution in [3.05, 3.63) is 85.1 Å². The van der Waals surface area contributed by atoms with E-state index >= 15 is 0 Å². The summed E-state index contributed by atoms with van der Waals surface area (Å²) in [5.41, 5.74) is 5.37. The van der Waals surface area contributed by atoms with Crippen molar-refractivity contribution in [1.82, 2.24) is 0 Å². The molecule has 362 valence electrons. The second kappa shape index (κ2) is 47.1. The minimum absolute atomic E-state index is 0.00612. The Balaban J connectivity index is 4.27. The van der Waals surface area contributed by atoms with Gasteiger partial charge in [0.2, 0.25) is 0 Å². The van der Waals surface area contributed by atoms with Gasteiger partial charge in [0, 0.05) is 13.0 Å². The van der Waals surface area contributed by atoms with Crippen LogP contribution in [-0.4, -0.2) is 60.5 Å². The van der Waals surface area contributed by atoms with Crippen molar-refractivity contribution in [2.45, 2.75) is 206 Å². The Morgan fingerprint density at radius 2 is 0.921 bits per heavy atom. The van der Waals surface area contributed by atoms with Crippen LogP contribution in [0.2, 0.25) is 0 Å².